The number of sulfonamides is 2. The van der Waals surface area contributed by atoms with Gasteiger partial charge < -0.3 is 0 Å². The zero-order valence-corrected chi connectivity index (χ0v) is 12.3. The van der Waals surface area contributed by atoms with Gasteiger partial charge in [0.2, 0.25) is 20.0 Å². The van der Waals surface area contributed by atoms with Crippen molar-refractivity contribution >= 4 is 20.0 Å². The maximum absolute atomic E-state index is 11.7. The number of benzene rings is 1. The molecule has 0 radical (unpaired) electrons. The van der Waals surface area contributed by atoms with Gasteiger partial charge in [0.1, 0.15) is 0 Å². The molecule has 0 bridgehead atoms. The summed E-state index contributed by atoms with van der Waals surface area (Å²) in [5.41, 5.74) is 0.586. The molecule has 0 aliphatic heterocycles. The van der Waals surface area contributed by atoms with Crippen LogP contribution in [0.15, 0.2) is 30.3 Å². The van der Waals surface area contributed by atoms with E-state index in [0.29, 0.717) is 12.0 Å². The summed E-state index contributed by atoms with van der Waals surface area (Å²) in [6.45, 7) is 1.86. The van der Waals surface area contributed by atoms with Gasteiger partial charge in [0.05, 0.1) is 11.5 Å². The van der Waals surface area contributed by atoms with Crippen LogP contribution in [0.5, 0.6) is 0 Å². The molecule has 108 valence electrons. The van der Waals surface area contributed by atoms with Crippen LogP contribution in [0.3, 0.4) is 0 Å². The highest BCUT2D eigenvalue weighted by Gasteiger charge is 2.15. The fraction of sp³-hybridized carbons (Fsp3) is 0.455. The highest BCUT2D eigenvalue weighted by molar-refractivity contribution is 7.92. The van der Waals surface area contributed by atoms with Gasteiger partial charge in [0, 0.05) is 0 Å². The fourth-order valence-electron chi connectivity index (χ4n) is 1.34. The summed E-state index contributed by atoms with van der Waals surface area (Å²) in [7, 11) is -7.34. The van der Waals surface area contributed by atoms with Crippen molar-refractivity contribution in [3.05, 3.63) is 35.9 Å². The predicted molar refractivity (Wildman–Crippen MR) is 74.0 cm³/mol. The van der Waals surface area contributed by atoms with E-state index in [-0.39, 0.29) is 11.5 Å². The van der Waals surface area contributed by atoms with E-state index in [4.69, 9.17) is 0 Å². The van der Waals surface area contributed by atoms with E-state index in [1.54, 1.807) is 30.3 Å². The van der Waals surface area contributed by atoms with Gasteiger partial charge in [-0.1, -0.05) is 43.7 Å². The van der Waals surface area contributed by atoms with Gasteiger partial charge in [0.15, 0.2) is 0 Å². The smallest absolute Gasteiger partial charge is 0.211 e. The lowest BCUT2D eigenvalue weighted by Gasteiger charge is -2.08. The first-order valence-corrected chi connectivity index (χ1v) is 9.18. The summed E-state index contributed by atoms with van der Waals surface area (Å²) < 4.78 is 46.3. The van der Waals surface area contributed by atoms with Crippen molar-refractivity contribution in [1.29, 1.82) is 0 Å². The fourth-order valence-corrected chi connectivity index (χ4v) is 3.83. The molecule has 0 saturated carbocycles. The second-order valence-corrected chi connectivity index (χ2v) is 7.69. The van der Waals surface area contributed by atoms with E-state index in [9.17, 15) is 16.8 Å². The van der Waals surface area contributed by atoms with Gasteiger partial charge in [-0.3, -0.25) is 0 Å². The molecule has 0 atom stereocenters. The Balaban J connectivity index is 2.57. The van der Waals surface area contributed by atoms with Crippen LogP contribution in [-0.2, 0) is 25.8 Å². The Morgan fingerprint density at radius 1 is 0.947 bits per heavy atom. The second-order valence-electron chi connectivity index (χ2n) is 4.12. The third-order valence-electron chi connectivity index (χ3n) is 2.32. The second kappa shape index (κ2) is 6.99. The first-order chi connectivity index (χ1) is 8.85. The van der Waals surface area contributed by atoms with E-state index >= 15 is 0 Å². The Hall–Kier alpha value is -0.960. The monoisotopic (exact) mass is 306 g/mol. The summed E-state index contributed by atoms with van der Waals surface area (Å²) in [6, 6.07) is 8.53. The van der Waals surface area contributed by atoms with Crippen LogP contribution < -0.4 is 9.66 Å². The molecule has 0 aromatic heterocycles. The number of hydrogen-bond acceptors (Lipinski definition) is 4. The van der Waals surface area contributed by atoms with Crippen molar-refractivity contribution in [3.63, 3.8) is 0 Å². The molecule has 19 heavy (non-hydrogen) atoms. The molecule has 0 aliphatic rings. The van der Waals surface area contributed by atoms with E-state index in [1.807, 2.05) is 16.6 Å². The highest BCUT2D eigenvalue weighted by Crippen LogP contribution is 2.03. The molecule has 0 aliphatic carbocycles. The molecule has 0 saturated heterocycles. The maximum atomic E-state index is 11.7. The lowest BCUT2D eigenvalue weighted by Crippen LogP contribution is -2.43. The lowest BCUT2D eigenvalue weighted by atomic mass is 10.2. The molecule has 0 unspecified atom stereocenters. The summed E-state index contributed by atoms with van der Waals surface area (Å²) in [4.78, 5) is 3.78. The van der Waals surface area contributed by atoms with Crippen molar-refractivity contribution < 1.29 is 16.8 Å². The van der Waals surface area contributed by atoms with Crippen LogP contribution in [0.25, 0.3) is 0 Å². The van der Waals surface area contributed by atoms with E-state index in [2.05, 4.69) is 0 Å². The molecule has 8 heteroatoms. The first-order valence-electron chi connectivity index (χ1n) is 5.87. The number of rotatable bonds is 8. The Kier molecular flexibility index (Phi) is 5.92. The topological polar surface area (TPSA) is 92.3 Å². The van der Waals surface area contributed by atoms with Crippen LogP contribution in [0.2, 0.25) is 0 Å². The molecule has 6 nitrogen and oxygen atoms in total. The van der Waals surface area contributed by atoms with Crippen LogP contribution in [0, 0.1) is 0 Å². The molecule has 2 N–H and O–H groups in total. The summed E-state index contributed by atoms with van der Waals surface area (Å²) >= 11 is 0. The molecular formula is C11H18N2O4S2. The summed E-state index contributed by atoms with van der Waals surface area (Å²) in [5.74, 6) is -0.374. The molecule has 0 amide bonds. The van der Waals surface area contributed by atoms with Crippen molar-refractivity contribution in [1.82, 2.24) is 9.66 Å². The largest absolute Gasteiger partial charge is 0.229 e. The molecule has 1 aromatic rings. The maximum Gasteiger partial charge on any atom is 0.229 e. The van der Waals surface area contributed by atoms with Gasteiger partial charge in [-0.15, -0.1) is 9.66 Å². The zero-order valence-electron chi connectivity index (χ0n) is 10.7. The van der Waals surface area contributed by atoms with E-state index in [0.717, 1.165) is 6.42 Å². The normalized spacial score (nSPS) is 12.5. The molecule has 0 heterocycles. The first kappa shape index (κ1) is 16.1. The van der Waals surface area contributed by atoms with Crippen LogP contribution in [0.1, 0.15) is 25.3 Å². The Morgan fingerprint density at radius 2 is 1.53 bits per heavy atom. The number of hydrazine groups is 1. The van der Waals surface area contributed by atoms with Crippen molar-refractivity contribution in [2.45, 2.75) is 25.5 Å². The SMILES string of the molecule is CCCCS(=O)(=O)NNS(=O)(=O)Cc1ccccc1. The van der Waals surface area contributed by atoms with Gasteiger partial charge >= 0.3 is 0 Å². The number of unbranched alkanes of at least 4 members (excludes halogenated alkanes) is 1. The van der Waals surface area contributed by atoms with Gasteiger partial charge in [0.25, 0.3) is 0 Å². The average molecular weight is 306 g/mol. The quantitative estimate of drug-likeness (QED) is 0.693. The van der Waals surface area contributed by atoms with Crippen molar-refractivity contribution in [2.24, 2.45) is 0 Å². The van der Waals surface area contributed by atoms with Crippen molar-refractivity contribution in [2.75, 3.05) is 5.75 Å². The third kappa shape index (κ3) is 6.67. The molecular weight excluding hydrogens is 288 g/mol. The van der Waals surface area contributed by atoms with Gasteiger partial charge in [-0.25, -0.2) is 16.8 Å². The molecule has 0 spiro atoms. The van der Waals surface area contributed by atoms with E-state index < -0.39 is 20.0 Å². The molecule has 1 rings (SSSR count). The van der Waals surface area contributed by atoms with Gasteiger partial charge in [-0.05, 0) is 12.0 Å². The van der Waals surface area contributed by atoms with Crippen LogP contribution in [-0.4, -0.2) is 22.6 Å². The minimum absolute atomic E-state index is 0.0998. The standard InChI is InChI=1S/C11H18N2O4S2/c1-2-3-9-18(14,15)12-13-19(16,17)10-11-7-5-4-6-8-11/h4-8,12-13H,2-3,9-10H2,1H3. The minimum atomic E-state index is -3.73. The summed E-state index contributed by atoms with van der Waals surface area (Å²) in [6.07, 6.45) is 1.20. The Bertz CT molecular complexity index is 582. The zero-order chi connectivity index (χ0) is 14.4. The summed E-state index contributed by atoms with van der Waals surface area (Å²) in [5, 5.41) is 0. The predicted octanol–water partition coefficient (Wildman–Crippen LogP) is 0.741. The highest BCUT2D eigenvalue weighted by atomic mass is 32.2. The third-order valence-corrected chi connectivity index (χ3v) is 4.81. The van der Waals surface area contributed by atoms with E-state index in [1.165, 1.54) is 0 Å². The molecule has 0 fully saturated rings. The minimum Gasteiger partial charge on any atom is -0.211 e. The van der Waals surface area contributed by atoms with Crippen molar-refractivity contribution in [3.8, 4) is 0 Å². The lowest BCUT2D eigenvalue weighted by molar-refractivity contribution is 0.555. The van der Waals surface area contributed by atoms with Gasteiger partial charge in [-0.2, -0.15) is 0 Å². The number of hydrogen-bond donors (Lipinski definition) is 2. The Labute approximate surface area is 114 Å². The molecule has 1 aromatic carbocycles. The number of nitrogens with one attached hydrogen (secondary N) is 2. The average Bonchev–Trinajstić information content (AvgIpc) is 2.35. The van der Waals surface area contributed by atoms with Crippen LogP contribution in [0.4, 0.5) is 0 Å². The van der Waals surface area contributed by atoms with Crippen LogP contribution >= 0.6 is 0 Å². The Morgan fingerprint density at radius 3 is 2.11 bits per heavy atom.